The van der Waals surface area contributed by atoms with E-state index in [4.69, 9.17) is 19.0 Å². The summed E-state index contributed by atoms with van der Waals surface area (Å²) >= 11 is 0. The quantitative estimate of drug-likeness (QED) is 0.111. The summed E-state index contributed by atoms with van der Waals surface area (Å²) in [7, 11) is -2.47. The molecule has 0 saturated carbocycles. The molecule has 2 fully saturated rings. The predicted molar refractivity (Wildman–Crippen MR) is 178 cm³/mol. The molecule has 3 atom stereocenters. The molecule has 1 aromatic heterocycles. The fourth-order valence-electron chi connectivity index (χ4n) is 5.36. The number of nitrogens with one attached hydrogen (secondary N) is 2. The van der Waals surface area contributed by atoms with Crippen molar-refractivity contribution >= 4 is 36.7 Å². The van der Waals surface area contributed by atoms with Gasteiger partial charge in [0.2, 0.25) is 0 Å². The molecule has 15 heteroatoms. The summed E-state index contributed by atoms with van der Waals surface area (Å²) < 4.78 is 28.8. The minimum Gasteiger partial charge on any atom is -0.380 e. The van der Waals surface area contributed by atoms with Crippen molar-refractivity contribution in [1.29, 1.82) is 0 Å². The molecule has 0 spiro atoms. The Balaban J connectivity index is 1.44. The lowest BCUT2D eigenvalue weighted by Crippen LogP contribution is -2.48. The van der Waals surface area contributed by atoms with Crippen LogP contribution >= 0.6 is 7.60 Å². The van der Waals surface area contributed by atoms with Crippen LogP contribution in [0.3, 0.4) is 0 Å². The topological polar surface area (TPSA) is 173 Å². The minimum absolute atomic E-state index is 0.00763. The summed E-state index contributed by atoms with van der Waals surface area (Å²) in [5.41, 5.74) is 0.907. The van der Waals surface area contributed by atoms with Crippen LogP contribution in [0.4, 0.5) is 10.6 Å². The van der Waals surface area contributed by atoms with Crippen LogP contribution in [0, 0.1) is 0 Å². The van der Waals surface area contributed by atoms with Crippen LogP contribution in [0.2, 0.25) is 0 Å². The number of unbranched alkanes of at least 4 members (excludes halogenated alkanes) is 1. The predicted octanol–water partition coefficient (Wildman–Crippen LogP) is 3.04. The van der Waals surface area contributed by atoms with Gasteiger partial charge in [0.05, 0.1) is 18.0 Å². The monoisotopic (exact) mass is 680 g/mol. The van der Waals surface area contributed by atoms with Gasteiger partial charge in [-0.3, -0.25) is 9.36 Å². The van der Waals surface area contributed by atoms with Gasteiger partial charge in [0.1, 0.15) is 11.5 Å². The first-order chi connectivity index (χ1) is 23.2. The maximum absolute atomic E-state index is 13.9. The Labute approximate surface area is 279 Å². The summed E-state index contributed by atoms with van der Waals surface area (Å²) in [4.78, 5) is 63.5. The summed E-state index contributed by atoms with van der Waals surface area (Å²) in [5, 5.41) is 5.83. The van der Waals surface area contributed by atoms with E-state index in [0.717, 1.165) is 12.8 Å². The number of ether oxygens (including phenoxy) is 2. The molecule has 0 radical (unpaired) electrons. The molecule has 2 amide bonds. The number of hydrogen-bond donors (Lipinski definition) is 3. The number of amides is 2. The molecule has 14 nitrogen and oxygen atoms in total. The van der Waals surface area contributed by atoms with Crippen molar-refractivity contribution in [3.05, 3.63) is 71.9 Å². The second-order valence-electron chi connectivity index (χ2n) is 11.5. The number of benzene rings is 2. The Bertz CT molecular complexity index is 1620. The third-order valence-electron chi connectivity index (χ3n) is 8.17. The number of piperazine rings is 1. The second-order valence-corrected chi connectivity index (χ2v) is 13.3. The minimum atomic E-state index is -4.12. The Morgan fingerprint density at radius 3 is 2.46 bits per heavy atom. The molecule has 2 aliphatic heterocycles. The SMILES string of the molecule is CCCCOP(=O)(O)c1ccc(C(NC(=O)c2cc(N3CCC(OC)C3)nc(-c3ccccc3)n2)C(=O)OC(=O)N2CCNCC2)cc1. The third kappa shape index (κ3) is 8.82. The smallest absolute Gasteiger partial charge is 0.380 e. The molecular formula is C33H41N6O8P. The number of carbonyl (C=O) groups excluding carboxylic acids is 3. The molecule has 2 aliphatic rings. The number of methoxy groups -OCH3 is 1. The van der Waals surface area contributed by atoms with Crippen molar-refractivity contribution in [2.45, 2.75) is 38.3 Å². The van der Waals surface area contributed by atoms with Gasteiger partial charge in [0.15, 0.2) is 11.9 Å². The van der Waals surface area contributed by atoms with Crippen molar-refractivity contribution in [3.8, 4) is 11.4 Å². The van der Waals surface area contributed by atoms with Crippen molar-refractivity contribution in [2.24, 2.45) is 0 Å². The molecule has 2 aromatic carbocycles. The zero-order valence-corrected chi connectivity index (χ0v) is 27.9. The van der Waals surface area contributed by atoms with E-state index >= 15 is 0 Å². The first kappa shape index (κ1) is 35.1. The largest absolute Gasteiger partial charge is 0.417 e. The van der Waals surface area contributed by atoms with Crippen LogP contribution < -0.4 is 20.8 Å². The molecule has 3 unspecified atom stereocenters. The van der Waals surface area contributed by atoms with Gasteiger partial charge in [-0.25, -0.2) is 19.6 Å². The molecular weight excluding hydrogens is 639 g/mol. The van der Waals surface area contributed by atoms with E-state index in [2.05, 4.69) is 15.6 Å². The van der Waals surface area contributed by atoms with Crippen LogP contribution in [-0.4, -0.2) is 96.8 Å². The molecule has 0 bridgehead atoms. The number of esters is 1. The summed E-state index contributed by atoms with van der Waals surface area (Å²) in [6, 6.07) is 14.8. The van der Waals surface area contributed by atoms with E-state index in [1.54, 1.807) is 13.2 Å². The van der Waals surface area contributed by atoms with Gasteiger partial charge >= 0.3 is 19.7 Å². The number of anilines is 1. The maximum Gasteiger partial charge on any atom is 0.417 e. The standard InChI is InChI=1S/C33H41N6O8P/c1-3-4-20-46-48(43,44)26-12-10-23(11-13-26)29(32(41)47-33(42)38-18-15-34-16-19-38)37-31(40)27-21-28(39-17-14-25(22-39)45-2)36-30(35-27)24-8-6-5-7-9-24/h5-13,21,25,29,34H,3-4,14-20,22H2,1-2H3,(H,37,40)(H,43,44). The molecule has 2 saturated heterocycles. The first-order valence-corrected chi connectivity index (χ1v) is 17.6. The lowest BCUT2D eigenvalue weighted by molar-refractivity contribution is -0.140. The van der Waals surface area contributed by atoms with Crippen LogP contribution in [0.1, 0.15) is 48.3 Å². The van der Waals surface area contributed by atoms with Gasteiger partial charge in [-0.15, -0.1) is 0 Å². The van der Waals surface area contributed by atoms with Gasteiger partial charge in [-0.2, -0.15) is 0 Å². The fourth-order valence-corrected chi connectivity index (χ4v) is 6.41. The fraction of sp³-hybridized carbons (Fsp3) is 0.424. The van der Waals surface area contributed by atoms with E-state index in [0.29, 0.717) is 62.9 Å². The Kier molecular flexibility index (Phi) is 11.9. The molecule has 256 valence electrons. The molecule has 3 heterocycles. The summed E-state index contributed by atoms with van der Waals surface area (Å²) in [6.07, 6.45) is 1.38. The van der Waals surface area contributed by atoms with Crippen LogP contribution in [0.15, 0.2) is 60.7 Å². The number of aromatic nitrogens is 2. The first-order valence-electron chi connectivity index (χ1n) is 16.0. The molecule has 0 aliphatic carbocycles. The Morgan fingerprint density at radius 1 is 1.06 bits per heavy atom. The van der Waals surface area contributed by atoms with Crippen molar-refractivity contribution in [1.82, 2.24) is 25.5 Å². The zero-order chi connectivity index (χ0) is 34.1. The molecule has 5 rings (SSSR count). The van der Waals surface area contributed by atoms with Crippen molar-refractivity contribution < 1.29 is 37.8 Å². The average molecular weight is 681 g/mol. The highest BCUT2D eigenvalue weighted by Gasteiger charge is 2.32. The third-order valence-corrected chi connectivity index (χ3v) is 9.65. The van der Waals surface area contributed by atoms with Gasteiger partial charge in [0, 0.05) is 58.0 Å². The highest BCUT2D eigenvalue weighted by atomic mass is 31.2. The van der Waals surface area contributed by atoms with E-state index < -0.39 is 31.6 Å². The molecule has 48 heavy (non-hydrogen) atoms. The summed E-state index contributed by atoms with van der Waals surface area (Å²) in [5.74, 6) is -0.897. The number of hydrogen-bond acceptors (Lipinski definition) is 11. The van der Waals surface area contributed by atoms with Crippen LogP contribution in [0.25, 0.3) is 11.4 Å². The molecule has 3 aromatic rings. The lowest BCUT2D eigenvalue weighted by atomic mass is 10.1. The number of nitrogens with zero attached hydrogens (tertiary/aromatic N) is 4. The van der Waals surface area contributed by atoms with Gasteiger partial charge in [-0.1, -0.05) is 55.8 Å². The zero-order valence-electron chi connectivity index (χ0n) is 27.0. The summed E-state index contributed by atoms with van der Waals surface area (Å²) in [6.45, 7) is 5.10. The number of rotatable bonds is 12. The maximum atomic E-state index is 13.9. The van der Waals surface area contributed by atoms with E-state index in [-0.39, 0.29) is 29.3 Å². The normalized spacial score (nSPS) is 18.2. The van der Waals surface area contributed by atoms with Crippen molar-refractivity contribution in [3.63, 3.8) is 0 Å². The second kappa shape index (κ2) is 16.3. The Morgan fingerprint density at radius 2 is 1.79 bits per heavy atom. The van der Waals surface area contributed by atoms with Gasteiger partial charge in [0.25, 0.3) is 5.91 Å². The highest BCUT2D eigenvalue weighted by molar-refractivity contribution is 7.61. The van der Waals surface area contributed by atoms with E-state index in [1.165, 1.54) is 29.2 Å². The average Bonchev–Trinajstić information content (AvgIpc) is 3.61. The number of carbonyl (C=O) groups is 3. The van der Waals surface area contributed by atoms with E-state index in [9.17, 15) is 23.8 Å². The highest BCUT2D eigenvalue weighted by Crippen LogP contribution is 2.41. The lowest BCUT2D eigenvalue weighted by Gasteiger charge is -2.27. The Hall–Kier alpha value is -4.20. The van der Waals surface area contributed by atoms with E-state index in [1.807, 2.05) is 42.2 Å². The molecule has 3 N–H and O–H groups in total. The van der Waals surface area contributed by atoms with Crippen molar-refractivity contribution in [2.75, 3.05) is 57.9 Å². The van der Waals surface area contributed by atoms with Gasteiger partial charge < -0.3 is 39.3 Å². The van der Waals surface area contributed by atoms with Crippen LogP contribution in [0.5, 0.6) is 0 Å². The van der Waals surface area contributed by atoms with Crippen LogP contribution in [-0.2, 0) is 23.4 Å². The van der Waals surface area contributed by atoms with Gasteiger partial charge in [-0.05, 0) is 30.5 Å².